The van der Waals surface area contributed by atoms with Crippen LogP contribution in [0, 0.1) is 5.92 Å². The fraction of sp³-hybridized carbons (Fsp3) is 0.800. The monoisotopic (exact) mass is 443 g/mol. The zero-order chi connectivity index (χ0) is 23.7. The molecular weight excluding hydrogens is 406 g/mol. The molecule has 3 amide bonds. The first-order valence-corrected chi connectivity index (χ1v) is 10.8. The van der Waals surface area contributed by atoms with Gasteiger partial charge in [-0.3, -0.25) is 14.4 Å². The van der Waals surface area contributed by atoms with Gasteiger partial charge in [-0.25, -0.2) is 4.79 Å². The van der Waals surface area contributed by atoms with E-state index in [2.05, 4.69) is 10.6 Å². The van der Waals surface area contributed by atoms with Crippen LogP contribution in [-0.4, -0.2) is 82.2 Å². The van der Waals surface area contributed by atoms with E-state index in [1.165, 1.54) is 11.8 Å². The van der Waals surface area contributed by atoms with Crippen molar-refractivity contribution < 1.29 is 29.4 Å². The molecule has 1 fully saturated rings. The first kappa shape index (κ1) is 26.8. The number of amides is 3. The van der Waals surface area contributed by atoms with Crippen molar-refractivity contribution in [3.05, 3.63) is 0 Å². The largest absolute Gasteiger partial charge is 0.480 e. The Morgan fingerprint density at radius 3 is 2.26 bits per heavy atom. The number of carboxylic acids is 1. The molecule has 31 heavy (non-hydrogen) atoms. The number of carbonyl (C=O) groups excluding carboxylic acids is 3. The number of hydrogen-bond donors (Lipinski definition) is 6. The first-order chi connectivity index (χ1) is 14.5. The van der Waals surface area contributed by atoms with Crippen molar-refractivity contribution >= 4 is 23.7 Å². The van der Waals surface area contributed by atoms with Crippen LogP contribution < -0.4 is 22.1 Å². The molecule has 1 rings (SSSR count). The lowest BCUT2D eigenvalue weighted by atomic mass is 10.0. The third-order valence-electron chi connectivity index (χ3n) is 5.42. The summed E-state index contributed by atoms with van der Waals surface area (Å²) in [4.78, 5) is 50.8. The van der Waals surface area contributed by atoms with Gasteiger partial charge in [0.2, 0.25) is 17.7 Å². The van der Waals surface area contributed by atoms with Gasteiger partial charge in [-0.05, 0) is 45.1 Å². The molecule has 0 aromatic carbocycles. The number of nitrogens with one attached hydrogen (secondary N) is 2. The molecule has 0 aliphatic carbocycles. The predicted octanol–water partition coefficient (Wildman–Crippen LogP) is -1.48. The van der Waals surface area contributed by atoms with E-state index in [4.69, 9.17) is 11.5 Å². The molecule has 0 bridgehead atoms. The van der Waals surface area contributed by atoms with Crippen LogP contribution in [0.5, 0.6) is 0 Å². The molecule has 0 aromatic heterocycles. The number of likely N-dealkylation sites (tertiary alicyclic amines) is 1. The standard InChI is InChI=1S/C20H37N5O6/c1-11(2)15(20(30)31)23-18(28)14-8-6-10-25(14)19(29)16(12(3)26)24-17(27)13(22)7-4-5-9-21/h11-16,26H,4-10,21-22H2,1-3H3,(H,23,28)(H,24,27)(H,30,31). The normalized spacial score (nSPS) is 20.1. The van der Waals surface area contributed by atoms with Crippen LogP contribution in [0.2, 0.25) is 0 Å². The fourth-order valence-electron chi connectivity index (χ4n) is 3.53. The smallest absolute Gasteiger partial charge is 0.326 e. The number of rotatable bonds is 12. The van der Waals surface area contributed by atoms with E-state index < -0.39 is 54.0 Å². The van der Waals surface area contributed by atoms with Crippen LogP contribution in [0.25, 0.3) is 0 Å². The summed E-state index contributed by atoms with van der Waals surface area (Å²) in [6.07, 6.45) is 1.47. The second-order valence-electron chi connectivity index (χ2n) is 8.38. The highest BCUT2D eigenvalue weighted by atomic mass is 16.4. The average molecular weight is 444 g/mol. The van der Waals surface area contributed by atoms with E-state index in [1.807, 2.05) is 0 Å². The molecule has 1 aliphatic heterocycles. The van der Waals surface area contributed by atoms with E-state index in [-0.39, 0.29) is 12.5 Å². The quantitative estimate of drug-likeness (QED) is 0.197. The summed E-state index contributed by atoms with van der Waals surface area (Å²) in [6.45, 7) is 5.46. The van der Waals surface area contributed by atoms with Crippen LogP contribution in [0.15, 0.2) is 0 Å². The molecular formula is C20H37N5O6. The van der Waals surface area contributed by atoms with E-state index in [9.17, 15) is 29.4 Å². The molecule has 1 heterocycles. The SMILES string of the molecule is CC(C)C(NC(=O)C1CCCN1C(=O)C(NC(=O)C(N)CCCCN)C(C)O)C(=O)O. The summed E-state index contributed by atoms with van der Waals surface area (Å²) in [5, 5.41) is 24.4. The van der Waals surface area contributed by atoms with Crippen LogP contribution in [-0.2, 0) is 19.2 Å². The maximum atomic E-state index is 13.1. The van der Waals surface area contributed by atoms with Gasteiger partial charge in [-0.15, -0.1) is 0 Å². The summed E-state index contributed by atoms with van der Waals surface area (Å²) < 4.78 is 0. The number of unbranched alkanes of at least 4 members (excludes halogenated alkanes) is 1. The van der Waals surface area contributed by atoms with Gasteiger partial charge < -0.3 is 37.2 Å². The van der Waals surface area contributed by atoms with Crippen LogP contribution in [0.1, 0.15) is 52.9 Å². The Balaban J connectivity index is 2.86. The molecule has 0 saturated carbocycles. The number of carboxylic acid groups (broad SMARTS) is 1. The van der Waals surface area contributed by atoms with Gasteiger partial charge in [-0.2, -0.15) is 0 Å². The number of carbonyl (C=O) groups is 4. The van der Waals surface area contributed by atoms with Crippen molar-refractivity contribution in [2.24, 2.45) is 17.4 Å². The molecule has 5 atom stereocenters. The molecule has 1 saturated heterocycles. The van der Waals surface area contributed by atoms with Gasteiger partial charge in [0.25, 0.3) is 0 Å². The Kier molecular flexibility index (Phi) is 10.9. The summed E-state index contributed by atoms with van der Waals surface area (Å²) >= 11 is 0. The number of hydrogen-bond acceptors (Lipinski definition) is 7. The van der Waals surface area contributed by atoms with E-state index in [0.717, 1.165) is 6.42 Å². The number of aliphatic hydroxyl groups excluding tert-OH is 1. The molecule has 178 valence electrons. The van der Waals surface area contributed by atoms with Gasteiger partial charge in [0, 0.05) is 6.54 Å². The van der Waals surface area contributed by atoms with Crippen LogP contribution in [0.4, 0.5) is 0 Å². The van der Waals surface area contributed by atoms with Crippen molar-refractivity contribution in [1.29, 1.82) is 0 Å². The Labute approximate surface area is 182 Å². The van der Waals surface area contributed by atoms with E-state index in [1.54, 1.807) is 13.8 Å². The Morgan fingerprint density at radius 2 is 1.74 bits per heavy atom. The summed E-state index contributed by atoms with van der Waals surface area (Å²) in [5.41, 5.74) is 11.3. The first-order valence-electron chi connectivity index (χ1n) is 10.8. The van der Waals surface area contributed by atoms with Crippen molar-refractivity contribution in [2.75, 3.05) is 13.1 Å². The lowest BCUT2D eigenvalue weighted by molar-refractivity contribution is -0.146. The zero-order valence-corrected chi connectivity index (χ0v) is 18.5. The minimum atomic E-state index is -1.26. The second kappa shape index (κ2) is 12.6. The predicted molar refractivity (Wildman–Crippen MR) is 114 cm³/mol. The fourth-order valence-corrected chi connectivity index (χ4v) is 3.53. The van der Waals surface area contributed by atoms with Crippen molar-refractivity contribution in [3.8, 4) is 0 Å². The minimum Gasteiger partial charge on any atom is -0.480 e. The molecule has 11 heteroatoms. The van der Waals surface area contributed by atoms with Gasteiger partial charge in [0.15, 0.2) is 0 Å². The number of nitrogens with zero attached hydrogens (tertiary/aromatic N) is 1. The maximum Gasteiger partial charge on any atom is 0.326 e. The number of nitrogens with two attached hydrogens (primary N) is 2. The minimum absolute atomic E-state index is 0.262. The summed E-state index contributed by atoms with van der Waals surface area (Å²) in [7, 11) is 0. The number of aliphatic carboxylic acids is 1. The molecule has 0 spiro atoms. The lowest BCUT2D eigenvalue weighted by Crippen LogP contribution is -2.59. The van der Waals surface area contributed by atoms with Gasteiger partial charge >= 0.3 is 5.97 Å². The van der Waals surface area contributed by atoms with Crippen molar-refractivity contribution in [2.45, 2.75) is 83.1 Å². The second-order valence-corrected chi connectivity index (χ2v) is 8.38. The Hall–Kier alpha value is -2.24. The molecule has 11 nitrogen and oxygen atoms in total. The maximum absolute atomic E-state index is 13.1. The van der Waals surface area contributed by atoms with E-state index in [0.29, 0.717) is 32.2 Å². The highest BCUT2D eigenvalue weighted by Crippen LogP contribution is 2.20. The van der Waals surface area contributed by atoms with Gasteiger partial charge in [0.1, 0.15) is 18.1 Å². The highest BCUT2D eigenvalue weighted by Gasteiger charge is 2.40. The van der Waals surface area contributed by atoms with Crippen molar-refractivity contribution in [3.63, 3.8) is 0 Å². The summed E-state index contributed by atoms with van der Waals surface area (Å²) in [6, 6.07) is -4.06. The molecule has 5 unspecified atom stereocenters. The van der Waals surface area contributed by atoms with Gasteiger partial charge in [0.05, 0.1) is 12.1 Å². The highest BCUT2D eigenvalue weighted by molar-refractivity contribution is 5.94. The third-order valence-corrected chi connectivity index (χ3v) is 5.42. The topological polar surface area (TPSA) is 188 Å². The van der Waals surface area contributed by atoms with Crippen LogP contribution in [0.3, 0.4) is 0 Å². The van der Waals surface area contributed by atoms with Crippen LogP contribution >= 0.6 is 0 Å². The Bertz CT molecular complexity index is 642. The summed E-state index contributed by atoms with van der Waals surface area (Å²) in [5.74, 6) is -3.23. The Morgan fingerprint density at radius 1 is 1.10 bits per heavy atom. The molecule has 1 aliphatic rings. The number of aliphatic hydroxyl groups is 1. The zero-order valence-electron chi connectivity index (χ0n) is 18.5. The molecule has 0 radical (unpaired) electrons. The third kappa shape index (κ3) is 7.75. The van der Waals surface area contributed by atoms with Crippen molar-refractivity contribution in [1.82, 2.24) is 15.5 Å². The van der Waals surface area contributed by atoms with Gasteiger partial charge in [-0.1, -0.05) is 20.3 Å². The molecule has 8 N–H and O–H groups in total. The average Bonchev–Trinajstić information content (AvgIpc) is 3.18. The lowest BCUT2D eigenvalue weighted by Gasteiger charge is -2.31. The molecule has 0 aromatic rings. The van der Waals surface area contributed by atoms with E-state index >= 15 is 0 Å².